The first kappa shape index (κ1) is 25.1. The summed E-state index contributed by atoms with van der Waals surface area (Å²) in [6, 6.07) is 12.3. The Morgan fingerprint density at radius 2 is 1.88 bits per heavy atom. The van der Waals surface area contributed by atoms with Crippen LogP contribution in [-0.4, -0.2) is 30.4 Å². The molecule has 1 aliphatic carbocycles. The SMILES string of the molecule is CCCCNc1cc(C(=O)OC)cc(S(=N)(=O)NCC2CCCCC2)c1Oc1ccccc1. The van der Waals surface area contributed by atoms with Crippen LogP contribution in [0, 0.1) is 10.7 Å². The van der Waals surface area contributed by atoms with Crippen LogP contribution in [0.4, 0.5) is 5.69 Å². The second kappa shape index (κ2) is 12.0. The van der Waals surface area contributed by atoms with E-state index in [-0.39, 0.29) is 10.5 Å². The van der Waals surface area contributed by atoms with Crippen LogP contribution >= 0.6 is 0 Å². The topological polar surface area (TPSA) is 101 Å². The molecule has 7 nitrogen and oxygen atoms in total. The third-order valence-corrected chi connectivity index (χ3v) is 7.39. The maximum atomic E-state index is 13.7. The first-order valence-electron chi connectivity index (χ1n) is 11.7. The van der Waals surface area contributed by atoms with E-state index < -0.39 is 15.9 Å². The molecule has 0 aromatic heterocycles. The van der Waals surface area contributed by atoms with Crippen LogP contribution in [0.3, 0.4) is 0 Å². The molecule has 0 radical (unpaired) electrons. The summed E-state index contributed by atoms with van der Waals surface area (Å²) in [5.41, 5.74) is 0.746. The molecule has 180 valence electrons. The van der Waals surface area contributed by atoms with Gasteiger partial charge < -0.3 is 14.8 Å². The third kappa shape index (κ3) is 6.95. The van der Waals surface area contributed by atoms with Crippen molar-refractivity contribution in [3.05, 3.63) is 48.0 Å². The molecular formula is C25H35N3O4S. The van der Waals surface area contributed by atoms with Gasteiger partial charge in [-0.25, -0.2) is 18.5 Å². The molecule has 1 saturated carbocycles. The third-order valence-electron chi connectivity index (χ3n) is 5.89. The minimum atomic E-state index is -3.45. The predicted molar refractivity (Wildman–Crippen MR) is 131 cm³/mol. The van der Waals surface area contributed by atoms with Gasteiger partial charge in [-0.3, -0.25) is 0 Å². The molecule has 0 bridgehead atoms. The molecule has 0 spiro atoms. The normalized spacial score (nSPS) is 16.1. The molecule has 8 heteroatoms. The summed E-state index contributed by atoms with van der Waals surface area (Å²) >= 11 is 0. The van der Waals surface area contributed by atoms with Gasteiger partial charge in [0.15, 0.2) is 5.75 Å². The molecule has 1 fully saturated rings. The number of methoxy groups -OCH3 is 1. The molecule has 3 N–H and O–H groups in total. The molecule has 1 aliphatic rings. The van der Waals surface area contributed by atoms with Crippen molar-refractivity contribution >= 4 is 21.6 Å². The van der Waals surface area contributed by atoms with E-state index in [1.807, 2.05) is 18.2 Å². The quantitative estimate of drug-likeness (QED) is 0.276. The smallest absolute Gasteiger partial charge is 0.337 e. The van der Waals surface area contributed by atoms with Crippen molar-refractivity contribution in [2.45, 2.75) is 56.8 Å². The summed E-state index contributed by atoms with van der Waals surface area (Å²) in [6.07, 6.45) is 7.61. The Morgan fingerprint density at radius 1 is 1.15 bits per heavy atom. The number of benzene rings is 2. The average molecular weight is 474 g/mol. The van der Waals surface area contributed by atoms with Gasteiger partial charge in [-0.15, -0.1) is 0 Å². The molecule has 0 aliphatic heterocycles. The Balaban J connectivity index is 2.02. The van der Waals surface area contributed by atoms with Crippen molar-refractivity contribution in [2.24, 2.45) is 5.92 Å². The lowest BCUT2D eigenvalue weighted by molar-refractivity contribution is 0.0600. The number of esters is 1. The fourth-order valence-corrected chi connectivity index (χ4v) is 5.33. The summed E-state index contributed by atoms with van der Waals surface area (Å²) in [5.74, 6) is 0.699. The Labute approximate surface area is 197 Å². The van der Waals surface area contributed by atoms with E-state index in [9.17, 15) is 9.00 Å². The molecule has 2 aromatic carbocycles. The highest BCUT2D eigenvalue weighted by atomic mass is 32.2. The van der Waals surface area contributed by atoms with Crippen LogP contribution in [0.15, 0.2) is 47.4 Å². The van der Waals surface area contributed by atoms with Crippen LogP contribution in [0.1, 0.15) is 62.2 Å². The van der Waals surface area contributed by atoms with E-state index >= 15 is 0 Å². The fraction of sp³-hybridized carbons (Fsp3) is 0.480. The fourth-order valence-electron chi connectivity index (χ4n) is 4.00. The number of unbranched alkanes of at least 4 members (excludes halogenated alkanes) is 1. The van der Waals surface area contributed by atoms with Crippen molar-refractivity contribution in [2.75, 3.05) is 25.5 Å². The molecular weight excluding hydrogens is 438 g/mol. The lowest BCUT2D eigenvalue weighted by Gasteiger charge is -2.24. The van der Waals surface area contributed by atoms with E-state index in [0.29, 0.717) is 36.2 Å². The lowest BCUT2D eigenvalue weighted by Crippen LogP contribution is -2.30. The predicted octanol–water partition coefficient (Wildman–Crippen LogP) is 5.97. The lowest BCUT2D eigenvalue weighted by atomic mass is 9.90. The van der Waals surface area contributed by atoms with Crippen LogP contribution in [0.2, 0.25) is 0 Å². The van der Waals surface area contributed by atoms with Crippen molar-refractivity contribution in [3.63, 3.8) is 0 Å². The standard InChI is InChI=1S/C25H35N3O4S/c1-3-4-15-27-22-16-20(25(29)31-2)17-23(24(22)32-21-13-9-6-10-14-21)33(26,30)28-18-19-11-7-5-8-12-19/h6,9-10,13-14,16-17,19,27H,3-5,7-8,11-12,15,18H2,1-2H3,(H2,26,28,30). The molecule has 33 heavy (non-hydrogen) atoms. The summed E-state index contributed by atoms with van der Waals surface area (Å²) < 4.78 is 36.5. The van der Waals surface area contributed by atoms with E-state index in [0.717, 1.165) is 38.5 Å². The van der Waals surface area contributed by atoms with Crippen molar-refractivity contribution in [1.29, 1.82) is 4.78 Å². The second-order valence-electron chi connectivity index (χ2n) is 8.45. The first-order chi connectivity index (χ1) is 15.9. The Kier molecular flexibility index (Phi) is 9.14. The number of para-hydroxylation sites is 1. The Bertz CT molecular complexity index is 1020. The molecule has 0 saturated heterocycles. The van der Waals surface area contributed by atoms with Crippen LogP contribution in [0.5, 0.6) is 11.5 Å². The monoisotopic (exact) mass is 473 g/mol. The van der Waals surface area contributed by atoms with Crippen molar-refractivity contribution in [1.82, 2.24) is 4.72 Å². The average Bonchev–Trinajstić information content (AvgIpc) is 2.84. The highest BCUT2D eigenvalue weighted by Crippen LogP contribution is 2.38. The molecule has 3 rings (SSSR count). The second-order valence-corrected chi connectivity index (χ2v) is 10.3. The molecule has 1 atom stereocenters. The van der Waals surface area contributed by atoms with Gasteiger partial charge in [0.05, 0.1) is 18.4 Å². The Morgan fingerprint density at radius 3 is 2.55 bits per heavy atom. The maximum Gasteiger partial charge on any atom is 0.337 e. The zero-order chi connectivity index (χ0) is 23.7. The minimum absolute atomic E-state index is 0.143. The molecule has 0 heterocycles. The van der Waals surface area contributed by atoms with E-state index in [2.05, 4.69) is 17.0 Å². The van der Waals surface area contributed by atoms with Crippen LogP contribution in [0.25, 0.3) is 0 Å². The van der Waals surface area contributed by atoms with Gasteiger partial charge in [0, 0.05) is 13.1 Å². The van der Waals surface area contributed by atoms with E-state index in [4.69, 9.17) is 14.3 Å². The molecule has 0 amide bonds. The van der Waals surface area contributed by atoms with Gasteiger partial charge >= 0.3 is 5.97 Å². The number of hydrogen-bond acceptors (Lipinski definition) is 6. The number of carbonyl (C=O) groups is 1. The zero-order valence-electron chi connectivity index (χ0n) is 19.5. The number of carbonyl (C=O) groups excluding carboxylic acids is 1. The maximum absolute atomic E-state index is 13.7. The summed E-state index contributed by atoms with van der Waals surface area (Å²) in [7, 11) is -2.15. The summed E-state index contributed by atoms with van der Waals surface area (Å²) in [4.78, 5) is 12.5. The number of nitrogens with one attached hydrogen (secondary N) is 3. The van der Waals surface area contributed by atoms with Gasteiger partial charge in [-0.1, -0.05) is 50.8 Å². The van der Waals surface area contributed by atoms with Gasteiger partial charge in [0.2, 0.25) is 0 Å². The number of hydrogen-bond donors (Lipinski definition) is 3. The zero-order valence-corrected chi connectivity index (χ0v) is 20.3. The Hall–Kier alpha value is -2.58. The number of ether oxygens (including phenoxy) is 2. The largest absolute Gasteiger partial charge is 0.465 e. The van der Waals surface area contributed by atoms with Crippen molar-refractivity contribution < 1.29 is 18.5 Å². The van der Waals surface area contributed by atoms with Crippen molar-refractivity contribution in [3.8, 4) is 11.5 Å². The first-order valence-corrected chi connectivity index (χ1v) is 13.3. The van der Waals surface area contributed by atoms with E-state index in [1.165, 1.54) is 19.6 Å². The molecule has 1 unspecified atom stereocenters. The molecule has 2 aromatic rings. The summed E-state index contributed by atoms with van der Waals surface area (Å²) in [5, 5.41) is 3.30. The number of anilines is 1. The van der Waals surface area contributed by atoms with Gasteiger partial charge in [0.1, 0.15) is 20.6 Å². The van der Waals surface area contributed by atoms with Gasteiger partial charge in [-0.2, -0.15) is 0 Å². The highest BCUT2D eigenvalue weighted by molar-refractivity contribution is 7.90. The van der Waals surface area contributed by atoms with E-state index in [1.54, 1.807) is 18.2 Å². The number of rotatable bonds is 11. The van der Waals surface area contributed by atoms with Crippen LogP contribution in [-0.2, 0) is 14.7 Å². The van der Waals surface area contributed by atoms with Gasteiger partial charge in [0.25, 0.3) is 0 Å². The van der Waals surface area contributed by atoms with Crippen LogP contribution < -0.4 is 14.8 Å². The minimum Gasteiger partial charge on any atom is -0.465 e. The summed E-state index contributed by atoms with van der Waals surface area (Å²) in [6.45, 7) is 3.24. The highest BCUT2D eigenvalue weighted by Gasteiger charge is 2.25. The van der Waals surface area contributed by atoms with Gasteiger partial charge in [-0.05, 0) is 49.4 Å².